The molecule has 3 aromatic rings. The molecule has 0 saturated carbocycles. The summed E-state index contributed by atoms with van der Waals surface area (Å²) < 4.78 is 0. The number of guanidine groups is 1. The van der Waals surface area contributed by atoms with Gasteiger partial charge in [0.15, 0.2) is 11.7 Å². The van der Waals surface area contributed by atoms with Gasteiger partial charge in [-0.15, -0.1) is 0 Å². The molecule has 1 aliphatic rings. The van der Waals surface area contributed by atoms with Crippen LogP contribution in [-0.2, 0) is 56.0 Å². The Morgan fingerprint density at radius 3 is 2.16 bits per heavy atom. The van der Waals surface area contributed by atoms with E-state index in [2.05, 4.69) is 47.2 Å². The third-order valence-electron chi connectivity index (χ3n) is 12.3. The smallest absolute Gasteiger partial charge is 0.312 e. The Bertz CT molecular complexity index is 2440. The molecule has 1 saturated heterocycles. The van der Waals surface area contributed by atoms with E-state index in [1.807, 2.05) is 24.3 Å². The van der Waals surface area contributed by atoms with Crippen molar-refractivity contribution in [2.24, 2.45) is 39.8 Å². The van der Waals surface area contributed by atoms with E-state index < -0.39 is 120 Å². The number of carbonyl (C=O) groups is 10. The molecule has 1 aromatic heterocycles. The van der Waals surface area contributed by atoms with Gasteiger partial charge in [0.25, 0.3) is 0 Å². The van der Waals surface area contributed by atoms with Gasteiger partial charge in [-0.25, -0.2) is 4.79 Å². The number of nitrogens with zero attached hydrogens (tertiary/aromatic N) is 1. The van der Waals surface area contributed by atoms with Gasteiger partial charge in [0.1, 0.15) is 30.0 Å². The number of urea groups is 1. The summed E-state index contributed by atoms with van der Waals surface area (Å²) in [6.45, 7) is 0.323. The normalized spacial score (nSPS) is 21.6. The van der Waals surface area contributed by atoms with E-state index in [1.54, 1.807) is 36.5 Å². The number of H-pyrrole nitrogens is 1. The Balaban J connectivity index is 1.73. The first kappa shape index (κ1) is 57.7. The number of rotatable bonds is 17. The Labute approximate surface area is 422 Å². The van der Waals surface area contributed by atoms with Crippen LogP contribution in [0.2, 0.25) is 0 Å². The van der Waals surface area contributed by atoms with Crippen LogP contribution in [0.4, 0.5) is 4.79 Å². The number of aliphatic hydroxyl groups excluding tert-OH is 1. The molecule has 9 amide bonds. The van der Waals surface area contributed by atoms with Crippen molar-refractivity contribution in [1.82, 2.24) is 42.2 Å². The van der Waals surface area contributed by atoms with Crippen LogP contribution >= 0.6 is 0 Å². The molecule has 7 atom stereocenters. The molecule has 0 bridgehead atoms. The predicted molar refractivity (Wildman–Crippen MR) is 268 cm³/mol. The molecule has 24 heteroatoms. The zero-order valence-corrected chi connectivity index (χ0v) is 40.9. The van der Waals surface area contributed by atoms with Crippen molar-refractivity contribution < 1.29 is 53.1 Å². The van der Waals surface area contributed by atoms with Crippen molar-refractivity contribution >= 4 is 75.8 Å². The van der Waals surface area contributed by atoms with Crippen molar-refractivity contribution in [3.8, 4) is 0 Å². The number of para-hydroxylation sites is 1. The quantitative estimate of drug-likeness (QED) is 0.0405. The maximum absolute atomic E-state index is 14.6. The van der Waals surface area contributed by atoms with E-state index in [0.29, 0.717) is 11.1 Å². The van der Waals surface area contributed by atoms with Gasteiger partial charge in [0, 0.05) is 68.3 Å². The molecule has 0 radical (unpaired) electrons. The van der Waals surface area contributed by atoms with Gasteiger partial charge in [0.05, 0.1) is 19.1 Å². The molecular formula is C49H69N13O11. The summed E-state index contributed by atoms with van der Waals surface area (Å²) >= 11 is 0. The van der Waals surface area contributed by atoms with Crippen LogP contribution in [-0.4, -0.2) is 131 Å². The summed E-state index contributed by atoms with van der Waals surface area (Å²) in [5.74, 6) is -9.26. The lowest BCUT2D eigenvalue weighted by Crippen LogP contribution is -2.59. The average molecular weight is 1020 g/mol. The average Bonchev–Trinajstić information content (AvgIpc) is 3.75. The molecule has 1 aliphatic heterocycles. The highest BCUT2D eigenvalue weighted by molar-refractivity contribution is 5.99. The van der Waals surface area contributed by atoms with Crippen molar-refractivity contribution in [1.29, 1.82) is 0 Å². The van der Waals surface area contributed by atoms with Crippen LogP contribution in [0.15, 0.2) is 65.8 Å². The third kappa shape index (κ3) is 19.7. The highest BCUT2D eigenvalue weighted by Crippen LogP contribution is 2.26. The second-order valence-corrected chi connectivity index (χ2v) is 18.0. The molecular weight excluding hydrogens is 947 g/mol. The summed E-state index contributed by atoms with van der Waals surface area (Å²) in [5, 5.41) is 29.1. The number of aromatic amines is 1. The van der Waals surface area contributed by atoms with Gasteiger partial charge in [-0.1, -0.05) is 48.5 Å². The second-order valence-electron chi connectivity index (χ2n) is 18.0. The molecule has 0 spiro atoms. The number of primary amides is 2. The van der Waals surface area contributed by atoms with E-state index >= 15 is 0 Å². The number of nitrogens with two attached hydrogens (primary N) is 4. The number of ketones is 2. The first-order valence-corrected chi connectivity index (χ1v) is 24.2. The van der Waals surface area contributed by atoms with Gasteiger partial charge >= 0.3 is 6.03 Å². The number of hydrogen-bond donors (Lipinski definition) is 13. The van der Waals surface area contributed by atoms with Crippen LogP contribution in [0.5, 0.6) is 0 Å². The molecule has 1 fully saturated rings. The molecule has 396 valence electrons. The van der Waals surface area contributed by atoms with E-state index in [0.717, 1.165) is 10.9 Å². The van der Waals surface area contributed by atoms with Crippen LogP contribution in [0.1, 0.15) is 82.3 Å². The molecule has 0 unspecified atom stereocenters. The number of carbonyl (C=O) groups excluding carboxylic acids is 10. The third-order valence-corrected chi connectivity index (χ3v) is 12.3. The molecule has 73 heavy (non-hydrogen) atoms. The highest BCUT2D eigenvalue weighted by atomic mass is 16.3. The summed E-state index contributed by atoms with van der Waals surface area (Å²) in [7, 11) is 0. The van der Waals surface area contributed by atoms with Crippen molar-refractivity contribution in [3.05, 3.63) is 71.9 Å². The lowest BCUT2D eigenvalue weighted by molar-refractivity contribution is -0.136. The second kappa shape index (κ2) is 29.5. The van der Waals surface area contributed by atoms with E-state index in [-0.39, 0.29) is 89.8 Å². The van der Waals surface area contributed by atoms with Crippen molar-refractivity contribution in [2.45, 2.75) is 114 Å². The number of benzene rings is 2. The Hall–Kier alpha value is -7.89. The maximum atomic E-state index is 14.6. The predicted octanol–water partition coefficient (Wildman–Crippen LogP) is -1.78. The first-order chi connectivity index (χ1) is 34.8. The van der Waals surface area contributed by atoms with Gasteiger partial charge in [-0.05, 0) is 75.0 Å². The number of Topliss-reactive ketones (excluding diaryl/α,β-unsaturated/α-hetero) is 2. The summed E-state index contributed by atoms with van der Waals surface area (Å²) in [4.78, 5) is 142. The fourth-order valence-corrected chi connectivity index (χ4v) is 8.42. The fraction of sp³-hybridized carbons (Fsp3) is 0.490. The fourth-order valence-electron chi connectivity index (χ4n) is 8.42. The largest absolute Gasteiger partial charge is 0.394 e. The zero-order chi connectivity index (χ0) is 53.5. The molecule has 24 nitrogen and oxygen atoms in total. The van der Waals surface area contributed by atoms with E-state index in [4.69, 9.17) is 22.9 Å². The minimum absolute atomic E-state index is 0.00635. The van der Waals surface area contributed by atoms with Gasteiger partial charge in [0.2, 0.25) is 41.4 Å². The molecule has 0 aliphatic carbocycles. The lowest BCUT2D eigenvalue weighted by Gasteiger charge is -2.26. The number of aromatic nitrogens is 1. The monoisotopic (exact) mass is 1020 g/mol. The van der Waals surface area contributed by atoms with Crippen LogP contribution in [0, 0.1) is 11.8 Å². The minimum Gasteiger partial charge on any atom is -0.394 e. The summed E-state index contributed by atoms with van der Waals surface area (Å²) in [6.07, 6.45) is 1.12. The van der Waals surface area contributed by atoms with Crippen LogP contribution in [0.25, 0.3) is 10.9 Å². The van der Waals surface area contributed by atoms with E-state index in [1.165, 1.54) is 6.92 Å². The lowest BCUT2D eigenvalue weighted by atomic mass is 9.83. The molecule has 2 aromatic carbocycles. The number of amides is 9. The molecule has 2 heterocycles. The minimum atomic E-state index is -1.74. The van der Waals surface area contributed by atoms with Crippen LogP contribution in [0.3, 0.4) is 0 Å². The van der Waals surface area contributed by atoms with Crippen molar-refractivity contribution in [2.75, 3.05) is 26.2 Å². The number of hydrogen-bond acceptors (Lipinski definition) is 12. The van der Waals surface area contributed by atoms with E-state index in [9.17, 15) is 53.1 Å². The number of fused-ring (bicyclic) bond motifs is 1. The van der Waals surface area contributed by atoms with Gasteiger partial charge < -0.3 is 70.2 Å². The number of aliphatic imine (C=N–C) groups is 1. The SMILES string of the molecule is CC(=O)N[C@@H](CCCN=C(N)N)C(=O)N[C@H]1CC(=O)NCCCC[C@@H](C(N)=O)NC(=O)[C@H](Cc2c[nH]c3ccccc23)CC(=O)[C@H](CCCNC(N)=O)CC(=O)[C@@H](Cc2ccccc2)NC(=O)[C@H](CO)NC1=O. The van der Waals surface area contributed by atoms with Gasteiger partial charge in [-0.3, -0.25) is 48.1 Å². The number of aliphatic hydroxyl groups is 1. The Morgan fingerprint density at radius 1 is 0.781 bits per heavy atom. The summed E-state index contributed by atoms with van der Waals surface area (Å²) in [5.41, 5.74) is 24.0. The first-order valence-electron chi connectivity index (χ1n) is 24.2. The number of nitrogens with one attached hydrogen (secondary N) is 8. The zero-order valence-electron chi connectivity index (χ0n) is 40.9. The topological polar surface area (TPSA) is 407 Å². The Kier molecular flexibility index (Phi) is 23.3. The molecule has 4 rings (SSSR count). The van der Waals surface area contributed by atoms with Crippen LogP contribution < -0.4 is 60.2 Å². The maximum Gasteiger partial charge on any atom is 0.312 e. The molecule has 17 N–H and O–H groups in total. The summed E-state index contributed by atoms with van der Waals surface area (Å²) in [6, 6.07) is 7.91. The highest BCUT2D eigenvalue weighted by Gasteiger charge is 2.35. The van der Waals surface area contributed by atoms with Gasteiger partial charge in [-0.2, -0.15) is 0 Å². The Morgan fingerprint density at radius 2 is 1.48 bits per heavy atom. The standard InChI is InChI=1S/C49H69N13O11/c1-28(64)58-36(17-10-19-55-48(51)52)45(70)61-38-25-42(67)54-18-8-7-16-35(43(50)68)59-44(69)31(22-32-26-57-34-15-6-5-14-33(32)34)24-40(65)30(13-9-20-56-49(53)73)23-41(66)37(21-29-11-3-2-4-12-29)60-47(72)39(27-63)62-46(38)71/h2-6,11-12,14-15,26,30-31,35-39,57,63H,7-10,13,16-25,27H2,1H3,(H2,50,68)(H,54,67)(H,58,64)(H,59,69)(H,60,72)(H,61,70)(H,62,71)(H4,51,52,55)(H3,53,56,73)/t30-,31-,35+,36+,37-,38+,39+/m1/s1. The van der Waals surface area contributed by atoms with Crippen molar-refractivity contribution in [3.63, 3.8) is 0 Å².